The van der Waals surface area contributed by atoms with Crippen molar-refractivity contribution in [1.29, 1.82) is 0 Å². The Morgan fingerprint density at radius 3 is 1.27 bits per heavy atom. The van der Waals surface area contributed by atoms with E-state index in [4.69, 9.17) is 28.9 Å². The highest BCUT2D eigenvalue weighted by Crippen LogP contribution is 2.39. The number of nitrogens with one attached hydrogen (secondary N) is 5. The van der Waals surface area contributed by atoms with Gasteiger partial charge in [-0.25, -0.2) is 96.5 Å². The summed E-state index contributed by atoms with van der Waals surface area (Å²) in [6.07, 6.45) is 17.6. The molecule has 10 aromatic rings. The Labute approximate surface area is 651 Å². The molecule has 9 heterocycles. The summed E-state index contributed by atoms with van der Waals surface area (Å²) >= 11 is 12.2. The molecule has 0 spiro atoms. The van der Waals surface area contributed by atoms with Crippen LogP contribution >= 0.6 is 23.2 Å². The Hall–Kier alpha value is -10.4. The molecule has 38 heteroatoms. The van der Waals surface area contributed by atoms with Gasteiger partial charge in [-0.05, 0) is 106 Å². The number of rotatable bonds is 19. The van der Waals surface area contributed by atoms with E-state index in [9.17, 15) is 61.2 Å². The molecule has 0 radical (unpaired) electrons. The number of amides is 2. The van der Waals surface area contributed by atoms with Gasteiger partial charge in [-0.15, -0.1) is 0 Å². The molecule has 2 aliphatic heterocycles. The van der Waals surface area contributed by atoms with Crippen LogP contribution in [0.3, 0.4) is 0 Å². The van der Waals surface area contributed by atoms with Gasteiger partial charge in [0.1, 0.15) is 42.1 Å². The molecule has 2 saturated heterocycles. The summed E-state index contributed by atoms with van der Waals surface area (Å²) < 4.78 is 158. The van der Waals surface area contributed by atoms with E-state index in [0.717, 1.165) is 125 Å². The number of pyridine rings is 3. The Morgan fingerprint density at radius 2 is 0.884 bits per heavy atom. The number of nitrogens with zero attached hydrogens (tertiary/aromatic N) is 13. The molecule has 2 fully saturated rings. The van der Waals surface area contributed by atoms with Crippen molar-refractivity contribution in [3.63, 3.8) is 0 Å². The van der Waals surface area contributed by atoms with E-state index in [2.05, 4.69) is 105 Å². The van der Waals surface area contributed by atoms with Gasteiger partial charge in [-0.2, -0.15) is 0 Å². The molecule has 0 saturated carbocycles. The number of carbonyl (C=O) groups excluding carboxylic acids is 2. The predicted molar refractivity (Wildman–Crippen MR) is 414 cm³/mol. The van der Waals surface area contributed by atoms with Crippen molar-refractivity contribution in [3.8, 4) is 11.3 Å². The predicted octanol–water partition coefficient (Wildman–Crippen LogP) is 10.8. The second-order valence-electron chi connectivity index (χ2n) is 26.3. The molecule has 588 valence electrons. The maximum absolute atomic E-state index is 15.0. The number of nitrogens with two attached hydrogens (primary N) is 1. The average Bonchev–Trinajstić information content (AvgIpc) is 1.69. The summed E-state index contributed by atoms with van der Waals surface area (Å²) in [7, 11) is -7.17. The molecule has 2 unspecified atom stereocenters. The van der Waals surface area contributed by atoms with Crippen molar-refractivity contribution in [2.45, 2.75) is 66.3 Å². The third-order valence-electron chi connectivity index (χ3n) is 18.6. The largest absolute Gasteiger partial charge is 0.368 e. The number of hydrogen-bond acceptors (Lipinski definition) is 24. The molecular formula is C74H75Cl2F6N19O8S3. The van der Waals surface area contributed by atoms with Crippen molar-refractivity contribution in [1.82, 2.24) is 69.4 Å². The Kier molecular flexibility index (Phi) is 25.8. The number of benzene rings is 3. The highest BCUT2D eigenvalue weighted by molar-refractivity contribution is 7.91. The third-order valence-corrected chi connectivity index (χ3v) is 22.6. The van der Waals surface area contributed by atoms with E-state index in [1.54, 1.807) is 36.5 Å². The molecule has 27 nitrogen and oxygen atoms in total. The minimum Gasteiger partial charge on any atom is -0.368 e. The lowest BCUT2D eigenvalue weighted by Crippen LogP contribution is -2.53. The molecule has 112 heavy (non-hydrogen) atoms. The molecule has 14 rings (SSSR count). The van der Waals surface area contributed by atoms with Crippen LogP contribution in [0.15, 0.2) is 143 Å². The maximum atomic E-state index is 15.0. The molecular weight excluding hydrogens is 1560 g/mol. The van der Waals surface area contributed by atoms with Crippen molar-refractivity contribution in [3.05, 3.63) is 207 Å². The quantitative estimate of drug-likeness (QED) is 0.0323. The van der Waals surface area contributed by atoms with Gasteiger partial charge in [0.05, 0.1) is 53.3 Å². The zero-order chi connectivity index (χ0) is 80.7. The SMILES string of the molecule is CCC(C(=O)Nc1nccc2c(-c3nc(Nc4cccc(S(C)(=O)=O)c4F)ncc3F)c[nH]c12)N1CCN(C)CC1.CCC(C(N)=O)N1CCN(C)CC1.CS(=O)(=O)c1cccc(Nc2ncc(F)c(C3=CCc4c3ccnc4Cl)n2)c1F.CS(=O)(=O)c1cccc(Nc2ncc(F)c(C3=CCc4c3ccnc4Cl)n2)c1F. The zero-order valence-electron chi connectivity index (χ0n) is 61.2. The maximum Gasteiger partial charge on any atom is 0.242 e. The van der Waals surface area contributed by atoms with Crippen molar-refractivity contribution in [2.24, 2.45) is 5.73 Å². The number of allylic oxidation sites excluding steroid dienone is 2. The first-order chi connectivity index (χ1) is 53.2. The molecule has 2 atom stereocenters. The number of anilines is 7. The number of sulfone groups is 3. The Balaban J connectivity index is 0.000000156. The second-order valence-corrected chi connectivity index (χ2v) is 33.0. The first kappa shape index (κ1) is 82.5. The van der Waals surface area contributed by atoms with Gasteiger partial charge < -0.3 is 41.8 Å². The number of aromatic amines is 1. The Bertz CT molecular complexity index is 5490. The van der Waals surface area contributed by atoms with Crippen LogP contribution in [-0.4, -0.2) is 204 Å². The molecule has 4 aliphatic rings. The number of halogens is 8. The van der Waals surface area contributed by atoms with Gasteiger partial charge in [0.25, 0.3) is 0 Å². The van der Waals surface area contributed by atoms with Gasteiger partial charge >= 0.3 is 0 Å². The van der Waals surface area contributed by atoms with Crippen molar-refractivity contribution < 1.29 is 61.2 Å². The summed E-state index contributed by atoms with van der Waals surface area (Å²) in [5, 5.41) is 12.0. The topological polar surface area (TPSA) is 355 Å². The lowest BCUT2D eigenvalue weighted by atomic mass is 10.1. The van der Waals surface area contributed by atoms with E-state index < -0.39 is 79.1 Å². The lowest BCUT2D eigenvalue weighted by Gasteiger charge is -2.36. The monoisotopic (exact) mass is 1640 g/mol. The summed E-state index contributed by atoms with van der Waals surface area (Å²) in [5.41, 5.74) is 9.67. The van der Waals surface area contributed by atoms with Crippen LogP contribution in [0.2, 0.25) is 10.3 Å². The van der Waals surface area contributed by atoms with E-state index in [-0.39, 0.29) is 75.9 Å². The van der Waals surface area contributed by atoms with Crippen LogP contribution in [0.5, 0.6) is 0 Å². The number of aromatic nitrogens is 10. The first-order valence-corrected chi connectivity index (χ1v) is 41.1. The van der Waals surface area contributed by atoms with Crippen LogP contribution in [0, 0.1) is 34.9 Å². The van der Waals surface area contributed by atoms with E-state index in [1.165, 1.54) is 55.0 Å². The van der Waals surface area contributed by atoms with Crippen LogP contribution in [0.25, 0.3) is 33.3 Å². The zero-order valence-corrected chi connectivity index (χ0v) is 65.1. The first-order valence-electron chi connectivity index (χ1n) is 34.7. The third kappa shape index (κ3) is 19.0. The summed E-state index contributed by atoms with van der Waals surface area (Å²) in [6.45, 7) is 11.3. The fraction of sp³-hybridized carbons (Fsp3) is 0.284. The number of primary amides is 1. The molecule has 3 aromatic carbocycles. The molecule has 7 N–H and O–H groups in total. The standard InChI is InChI=1S/C27H30F2N8O3S.2C19H13ClF2N4O2S.C9H19N3O/c1-4-20(37-12-10-36(2)11-13-37)26(38)35-25-24-16(8-9-30-25)17(14-31-24)23-18(28)15-32-27(34-23)33-19-6-5-7-21(22(19)29)41(3,39)40;2*1-29(27,28)15-4-2-3-14(16(15)22)25-19-24-9-13(21)17(26-19)11-5-6-12-10(11)7-8-23-18(12)20;1-3-8(9(10)13)12-6-4-11(2)5-7-12/h5-9,14-15,20,31H,4,10-13H2,1-3H3,(H,30,35,38)(H,32,33,34);2*2-5,7-9H,6H2,1H3,(H,24,25,26);8H,3-7H2,1-2H3,(H2,10,13). The fourth-order valence-corrected chi connectivity index (χ4v) is 15.6. The van der Waals surface area contributed by atoms with Crippen LogP contribution in [-0.2, 0) is 51.9 Å². The van der Waals surface area contributed by atoms with Gasteiger partial charge in [-0.3, -0.25) is 19.4 Å². The highest BCUT2D eigenvalue weighted by Gasteiger charge is 2.31. The number of hydrogen-bond donors (Lipinski definition) is 6. The summed E-state index contributed by atoms with van der Waals surface area (Å²) in [4.78, 5) is 71.3. The lowest BCUT2D eigenvalue weighted by molar-refractivity contribution is -0.124. The second kappa shape index (κ2) is 35.1. The van der Waals surface area contributed by atoms with Gasteiger partial charge in [0, 0.05) is 129 Å². The molecule has 2 aliphatic carbocycles. The van der Waals surface area contributed by atoms with Crippen LogP contribution < -0.4 is 27.0 Å². The number of likely N-dealkylation sites (N-methyl/N-ethyl adjacent to an activating group) is 2. The number of H-pyrrole nitrogens is 1. The van der Waals surface area contributed by atoms with Gasteiger partial charge in [0.15, 0.2) is 70.2 Å². The highest BCUT2D eigenvalue weighted by atomic mass is 35.5. The number of carbonyl (C=O) groups is 2. The molecule has 0 bridgehead atoms. The van der Waals surface area contributed by atoms with E-state index in [0.29, 0.717) is 74.1 Å². The smallest absolute Gasteiger partial charge is 0.242 e. The van der Waals surface area contributed by atoms with E-state index >= 15 is 0 Å². The van der Waals surface area contributed by atoms with Crippen molar-refractivity contribution >= 4 is 127 Å². The summed E-state index contributed by atoms with van der Waals surface area (Å²) in [5.74, 6) is -5.34. The molecule has 7 aromatic heterocycles. The van der Waals surface area contributed by atoms with E-state index in [1.807, 2.05) is 13.8 Å². The van der Waals surface area contributed by atoms with Crippen LogP contribution in [0.4, 0.5) is 67.1 Å². The number of piperazine rings is 2. The average molecular weight is 1640 g/mol. The van der Waals surface area contributed by atoms with Gasteiger partial charge in [-0.1, -0.05) is 67.4 Å². The minimum absolute atomic E-state index is 0.0168. The van der Waals surface area contributed by atoms with Crippen LogP contribution in [0.1, 0.15) is 60.3 Å². The molecule has 2 amide bonds. The normalized spacial score (nSPS) is 15.2. The Morgan fingerprint density at radius 1 is 0.509 bits per heavy atom. The fourth-order valence-electron chi connectivity index (χ4n) is 12.9. The minimum atomic E-state index is -3.81. The van der Waals surface area contributed by atoms with Gasteiger partial charge in [0.2, 0.25) is 29.7 Å². The number of fused-ring (bicyclic) bond motifs is 3. The summed E-state index contributed by atoms with van der Waals surface area (Å²) in [6, 6.07) is 16.3. The van der Waals surface area contributed by atoms with Crippen molar-refractivity contribution in [2.75, 3.05) is 106 Å².